The van der Waals surface area contributed by atoms with Gasteiger partial charge in [-0.1, -0.05) is 206 Å². The molecule has 0 heterocycles. The topological polar surface area (TPSA) is 61.8 Å². The summed E-state index contributed by atoms with van der Waals surface area (Å²) in [6, 6.07) is 0. The van der Waals surface area contributed by atoms with E-state index < -0.39 is 6.10 Å². The molecule has 0 fully saturated rings. The summed E-state index contributed by atoms with van der Waals surface area (Å²) in [4.78, 5) is 25.4. The van der Waals surface area contributed by atoms with Crippen LogP contribution < -0.4 is 0 Å². The Morgan fingerprint density at radius 3 is 1.14 bits per heavy atom. The van der Waals surface area contributed by atoms with E-state index in [2.05, 4.69) is 142 Å². The Kier molecular flexibility index (Phi) is 52.5. The molecule has 0 aromatic carbocycles. The second-order valence-corrected chi connectivity index (χ2v) is 17.4. The standard InChI is InChI=1S/C61H100O5/c1-4-7-10-13-16-19-22-25-28-30-31-32-34-36-39-42-45-48-51-54-60(62)65-58-59(57-64-56-53-50-47-44-41-38-35-29-26-23-20-17-14-11-8-5-2)66-61(63)55-52-49-46-43-40-37-33-27-24-21-18-15-12-9-6-3/h7,9-10,12,16,18-19,21,25-29,31-33,36,39-40,43,59H,4-6,8,11,13-15,17,20,22-24,30,34-35,37-38,41-42,44-58H2,1-3H3/b10-7-,12-9-,19-16-,21-18-,28-25-,29-26-,32-31-,33-27-,39-36-,43-40-. The van der Waals surface area contributed by atoms with Crippen molar-refractivity contribution in [1.29, 1.82) is 0 Å². The lowest BCUT2D eigenvalue weighted by Gasteiger charge is -2.18. The Morgan fingerprint density at radius 2 is 0.682 bits per heavy atom. The van der Waals surface area contributed by atoms with Gasteiger partial charge < -0.3 is 14.2 Å². The zero-order chi connectivity index (χ0) is 47.7. The van der Waals surface area contributed by atoms with E-state index in [4.69, 9.17) is 14.2 Å². The Balaban J connectivity index is 4.43. The minimum absolute atomic E-state index is 0.0416. The summed E-state index contributed by atoms with van der Waals surface area (Å²) in [5.74, 6) is -0.491. The summed E-state index contributed by atoms with van der Waals surface area (Å²) in [5, 5.41) is 0. The minimum atomic E-state index is -0.583. The van der Waals surface area contributed by atoms with E-state index in [-0.39, 0.29) is 25.2 Å². The first-order valence-electron chi connectivity index (χ1n) is 27.1. The predicted molar refractivity (Wildman–Crippen MR) is 288 cm³/mol. The van der Waals surface area contributed by atoms with Crippen molar-refractivity contribution < 1.29 is 23.8 Å². The monoisotopic (exact) mass is 913 g/mol. The molecule has 0 bridgehead atoms. The lowest BCUT2D eigenvalue weighted by molar-refractivity contribution is -0.163. The second kappa shape index (κ2) is 55.6. The van der Waals surface area contributed by atoms with Crippen LogP contribution in [0.2, 0.25) is 0 Å². The van der Waals surface area contributed by atoms with E-state index >= 15 is 0 Å². The van der Waals surface area contributed by atoms with Crippen LogP contribution >= 0.6 is 0 Å². The fourth-order valence-electron chi connectivity index (χ4n) is 6.99. The van der Waals surface area contributed by atoms with E-state index in [0.29, 0.717) is 19.4 Å². The molecule has 0 N–H and O–H groups in total. The van der Waals surface area contributed by atoms with E-state index in [1.54, 1.807) is 0 Å². The highest BCUT2D eigenvalue weighted by Crippen LogP contribution is 2.12. The smallest absolute Gasteiger partial charge is 0.306 e. The Bertz CT molecular complexity index is 1350. The highest BCUT2D eigenvalue weighted by atomic mass is 16.6. The third-order valence-electron chi connectivity index (χ3n) is 11.0. The molecule has 66 heavy (non-hydrogen) atoms. The largest absolute Gasteiger partial charge is 0.462 e. The van der Waals surface area contributed by atoms with Crippen LogP contribution in [0.25, 0.3) is 0 Å². The first kappa shape index (κ1) is 62.3. The molecule has 0 spiro atoms. The van der Waals surface area contributed by atoms with Gasteiger partial charge in [-0.05, 0) is 128 Å². The van der Waals surface area contributed by atoms with Crippen molar-refractivity contribution in [2.75, 3.05) is 19.8 Å². The molecule has 0 aliphatic heterocycles. The van der Waals surface area contributed by atoms with Crippen molar-refractivity contribution >= 4 is 11.9 Å². The van der Waals surface area contributed by atoms with Crippen molar-refractivity contribution in [3.05, 3.63) is 122 Å². The molecule has 0 amide bonds. The summed E-state index contributed by atoms with van der Waals surface area (Å²) in [7, 11) is 0. The summed E-state index contributed by atoms with van der Waals surface area (Å²) >= 11 is 0. The first-order valence-corrected chi connectivity index (χ1v) is 27.1. The number of carbonyl (C=O) groups is 2. The van der Waals surface area contributed by atoms with Gasteiger partial charge in [-0.3, -0.25) is 9.59 Å². The molecule has 0 aliphatic rings. The van der Waals surface area contributed by atoms with Gasteiger partial charge in [0.15, 0.2) is 6.10 Å². The molecule has 5 nitrogen and oxygen atoms in total. The number of carbonyl (C=O) groups excluding carboxylic acids is 2. The molecule has 0 rings (SSSR count). The maximum absolute atomic E-state index is 12.8. The number of allylic oxidation sites excluding steroid dienone is 20. The molecular formula is C61H100O5. The van der Waals surface area contributed by atoms with Gasteiger partial charge >= 0.3 is 11.9 Å². The molecule has 0 saturated carbocycles. The van der Waals surface area contributed by atoms with Gasteiger partial charge in [0.1, 0.15) is 6.61 Å². The van der Waals surface area contributed by atoms with Crippen LogP contribution in [-0.4, -0.2) is 37.9 Å². The van der Waals surface area contributed by atoms with Crippen LogP contribution in [0, 0.1) is 0 Å². The summed E-state index contributed by atoms with van der Waals surface area (Å²) in [5.41, 5.74) is 0. The molecule has 0 aromatic heterocycles. The minimum Gasteiger partial charge on any atom is -0.462 e. The van der Waals surface area contributed by atoms with Crippen molar-refractivity contribution in [3.8, 4) is 0 Å². The molecule has 1 unspecified atom stereocenters. The lowest BCUT2D eigenvalue weighted by Crippen LogP contribution is -2.30. The normalized spacial score (nSPS) is 13.2. The highest BCUT2D eigenvalue weighted by Gasteiger charge is 2.17. The van der Waals surface area contributed by atoms with Crippen LogP contribution in [0.4, 0.5) is 0 Å². The zero-order valence-corrected chi connectivity index (χ0v) is 42.9. The third-order valence-corrected chi connectivity index (χ3v) is 11.0. The van der Waals surface area contributed by atoms with Crippen molar-refractivity contribution in [1.82, 2.24) is 0 Å². The molecule has 5 heteroatoms. The van der Waals surface area contributed by atoms with E-state index in [1.807, 2.05) is 0 Å². The number of esters is 2. The number of hydrogen-bond donors (Lipinski definition) is 0. The molecule has 1 atom stereocenters. The maximum atomic E-state index is 12.8. The van der Waals surface area contributed by atoms with E-state index in [0.717, 1.165) is 116 Å². The molecule has 0 aromatic rings. The summed E-state index contributed by atoms with van der Waals surface area (Å²) < 4.78 is 17.4. The van der Waals surface area contributed by atoms with Crippen LogP contribution in [0.15, 0.2) is 122 Å². The second-order valence-electron chi connectivity index (χ2n) is 17.4. The molecule has 0 radical (unpaired) electrons. The van der Waals surface area contributed by atoms with Crippen LogP contribution in [0.1, 0.15) is 226 Å². The van der Waals surface area contributed by atoms with Gasteiger partial charge in [0.25, 0.3) is 0 Å². The van der Waals surface area contributed by atoms with Crippen LogP contribution in [-0.2, 0) is 23.8 Å². The highest BCUT2D eigenvalue weighted by molar-refractivity contribution is 5.70. The van der Waals surface area contributed by atoms with Crippen molar-refractivity contribution in [2.45, 2.75) is 232 Å². The zero-order valence-electron chi connectivity index (χ0n) is 42.9. The average Bonchev–Trinajstić information content (AvgIpc) is 3.32. The fraction of sp³-hybridized carbons (Fsp3) is 0.639. The number of rotatable bonds is 48. The van der Waals surface area contributed by atoms with Gasteiger partial charge in [0, 0.05) is 19.4 Å². The van der Waals surface area contributed by atoms with E-state index in [9.17, 15) is 9.59 Å². The Morgan fingerprint density at radius 1 is 0.348 bits per heavy atom. The Hall–Kier alpha value is -3.70. The number of ether oxygens (including phenoxy) is 3. The SMILES string of the molecule is CC/C=C\C/C=C\C/C=C\C/C=C\C/C=C\CCCCCC(=O)OCC(COCCCCCCCC/C=C\CCCCCCCC)OC(=O)CCCC/C=C\C/C=C\C/C=C\C/C=C\CC. The third kappa shape index (κ3) is 52.9. The Labute approximate surface area is 407 Å². The molecular weight excluding hydrogens is 813 g/mol. The summed E-state index contributed by atoms with van der Waals surface area (Å²) in [6.07, 6.45) is 77.9. The van der Waals surface area contributed by atoms with Gasteiger partial charge in [-0.25, -0.2) is 0 Å². The van der Waals surface area contributed by atoms with Gasteiger partial charge in [-0.15, -0.1) is 0 Å². The van der Waals surface area contributed by atoms with Gasteiger partial charge in [0.2, 0.25) is 0 Å². The van der Waals surface area contributed by atoms with Crippen molar-refractivity contribution in [2.24, 2.45) is 0 Å². The van der Waals surface area contributed by atoms with Gasteiger partial charge in [0.05, 0.1) is 6.61 Å². The van der Waals surface area contributed by atoms with Gasteiger partial charge in [-0.2, -0.15) is 0 Å². The maximum Gasteiger partial charge on any atom is 0.306 e. The molecule has 374 valence electrons. The number of unbranched alkanes of at least 4 members (excludes halogenated alkanes) is 17. The fourth-order valence-corrected chi connectivity index (χ4v) is 6.99. The summed E-state index contributed by atoms with van der Waals surface area (Å²) in [6.45, 7) is 7.49. The first-order chi connectivity index (χ1) is 32.6. The average molecular weight is 913 g/mol. The quantitative estimate of drug-likeness (QED) is 0.0346. The predicted octanol–water partition coefficient (Wildman–Crippen LogP) is 18.6. The lowest BCUT2D eigenvalue weighted by atomic mass is 10.1. The van der Waals surface area contributed by atoms with Crippen LogP contribution in [0.3, 0.4) is 0 Å². The molecule has 0 saturated heterocycles. The van der Waals surface area contributed by atoms with Crippen molar-refractivity contribution in [3.63, 3.8) is 0 Å². The number of hydrogen-bond acceptors (Lipinski definition) is 5. The molecule has 0 aliphatic carbocycles. The van der Waals surface area contributed by atoms with Crippen LogP contribution in [0.5, 0.6) is 0 Å². The van der Waals surface area contributed by atoms with E-state index in [1.165, 1.54) is 77.0 Å².